The smallest absolute Gasteiger partial charge is 0.231 e. The standard InChI is InChI=1S/C16H17NO4/c1-2-12(1)17-7-11-5-14(18-8-11)9-19-13-3-4-15-16(6-13)21-10-20-15/h3-6,8,12,17H,1-2,7,9-10H2. The van der Waals surface area contributed by atoms with Gasteiger partial charge in [-0.1, -0.05) is 0 Å². The van der Waals surface area contributed by atoms with Crippen molar-refractivity contribution < 1.29 is 18.6 Å². The van der Waals surface area contributed by atoms with Crippen LogP contribution < -0.4 is 19.5 Å². The Kier molecular flexibility index (Phi) is 3.20. The van der Waals surface area contributed by atoms with E-state index in [9.17, 15) is 0 Å². The summed E-state index contributed by atoms with van der Waals surface area (Å²) in [6.45, 7) is 1.54. The number of benzene rings is 1. The lowest BCUT2D eigenvalue weighted by molar-refractivity contribution is 0.173. The van der Waals surface area contributed by atoms with Gasteiger partial charge in [0.05, 0.1) is 6.26 Å². The van der Waals surface area contributed by atoms with E-state index in [1.807, 2.05) is 24.3 Å². The number of hydrogen-bond acceptors (Lipinski definition) is 5. The van der Waals surface area contributed by atoms with Gasteiger partial charge in [-0.3, -0.25) is 0 Å². The Morgan fingerprint density at radius 2 is 2.05 bits per heavy atom. The zero-order chi connectivity index (χ0) is 14.1. The van der Waals surface area contributed by atoms with Crippen molar-refractivity contribution in [1.29, 1.82) is 0 Å². The first-order chi connectivity index (χ1) is 10.4. The summed E-state index contributed by atoms with van der Waals surface area (Å²) in [6, 6.07) is 8.29. The molecule has 0 unspecified atom stereocenters. The Balaban J connectivity index is 1.33. The molecule has 21 heavy (non-hydrogen) atoms. The third-order valence-electron chi connectivity index (χ3n) is 3.61. The average Bonchev–Trinajstić information content (AvgIpc) is 3.04. The molecule has 1 saturated carbocycles. The molecule has 1 fully saturated rings. The van der Waals surface area contributed by atoms with Crippen LogP contribution in [0.15, 0.2) is 34.9 Å². The van der Waals surface area contributed by atoms with Gasteiger partial charge < -0.3 is 23.9 Å². The second-order valence-electron chi connectivity index (χ2n) is 5.38. The van der Waals surface area contributed by atoms with Crippen molar-refractivity contribution in [3.8, 4) is 17.2 Å². The minimum absolute atomic E-state index is 0.272. The van der Waals surface area contributed by atoms with E-state index in [4.69, 9.17) is 18.6 Å². The Labute approximate surface area is 122 Å². The van der Waals surface area contributed by atoms with E-state index < -0.39 is 0 Å². The number of furan rings is 1. The molecule has 1 aliphatic carbocycles. The van der Waals surface area contributed by atoms with Crippen LogP contribution in [0.5, 0.6) is 17.2 Å². The molecule has 0 spiro atoms. The van der Waals surface area contributed by atoms with Crippen LogP contribution in [0.1, 0.15) is 24.2 Å². The molecule has 2 aliphatic rings. The molecule has 5 nitrogen and oxygen atoms in total. The van der Waals surface area contributed by atoms with Crippen LogP contribution in [0.2, 0.25) is 0 Å². The highest BCUT2D eigenvalue weighted by atomic mass is 16.7. The van der Waals surface area contributed by atoms with Crippen LogP contribution in [-0.4, -0.2) is 12.8 Å². The van der Waals surface area contributed by atoms with Crippen LogP contribution in [0, 0.1) is 0 Å². The number of hydrogen-bond donors (Lipinski definition) is 1. The normalized spacial score (nSPS) is 16.2. The van der Waals surface area contributed by atoms with Crippen molar-refractivity contribution in [1.82, 2.24) is 5.32 Å². The maximum Gasteiger partial charge on any atom is 0.231 e. The number of rotatable bonds is 6. The molecule has 0 amide bonds. The Hall–Kier alpha value is -2.14. The maximum atomic E-state index is 5.72. The van der Waals surface area contributed by atoms with Gasteiger partial charge in [-0.05, 0) is 31.0 Å². The van der Waals surface area contributed by atoms with Crippen molar-refractivity contribution in [2.24, 2.45) is 0 Å². The highest BCUT2D eigenvalue weighted by Crippen LogP contribution is 2.35. The summed E-state index contributed by atoms with van der Waals surface area (Å²) in [6.07, 6.45) is 4.36. The second-order valence-corrected chi connectivity index (χ2v) is 5.38. The summed E-state index contributed by atoms with van der Waals surface area (Å²) in [5.41, 5.74) is 1.16. The Morgan fingerprint density at radius 1 is 1.14 bits per heavy atom. The van der Waals surface area contributed by atoms with Crippen LogP contribution in [-0.2, 0) is 13.2 Å². The quantitative estimate of drug-likeness (QED) is 0.885. The molecule has 1 aromatic heterocycles. The lowest BCUT2D eigenvalue weighted by atomic mass is 10.3. The van der Waals surface area contributed by atoms with E-state index in [2.05, 4.69) is 5.32 Å². The summed E-state index contributed by atoms with van der Waals surface area (Å²) < 4.78 is 21.8. The van der Waals surface area contributed by atoms with Crippen LogP contribution in [0.25, 0.3) is 0 Å². The van der Waals surface area contributed by atoms with Crippen molar-refractivity contribution in [2.45, 2.75) is 32.0 Å². The van der Waals surface area contributed by atoms with Crippen molar-refractivity contribution in [3.63, 3.8) is 0 Å². The van der Waals surface area contributed by atoms with Crippen molar-refractivity contribution in [3.05, 3.63) is 41.9 Å². The van der Waals surface area contributed by atoms with Crippen molar-refractivity contribution >= 4 is 0 Å². The fourth-order valence-electron chi connectivity index (χ4n) is 2.27. The van der Waals surface area contributed by atoms with Gasteiger partial charge >= 0.3 is 0 Å². The number of ether oxygens (including phenoxy) is 3. The molecule has 0 radical (unpaired) electrons. The average molecular weight is 287 g/mol. The molecule has 1 N–H and O–H groups in total. The zero-order valence-electron chi connectivity index (χ0n) is 11.6. The first-order valence-electron chi connectivity index (χ1n) is 7.19. The van der Waals surface area contributed by atoms with E-state index in [0.29, 0.717) is 12.6 Å². The summed E-state index contributed by atoms with van der Waals surface area (Å²) in [5, 5.41) is 3.46. The van der Waals surface area contributed by atoms with E-state index in [1.54, 1.807) is 6.26 Å². The van der Waals surface area contributed by atoms with Gasteiger partial charge in [0.15, 0.2) is 11.5 Å². The Morgan fingerprint density at radius 3 is 2.95 bits per heavy atom. The molecule has 110 valence electrons. The van der Waals surface area contributed by atoms with Gasteiger partial charge in [0.2, 0.25) is 6.79 Å². The molecular formula is C16H17NO4. The molecule has 0 atom stereocenters. The lowest BCUT2D eigenvalue weighted by Gasteiger charge is -2.04. The number of nitrogens with one attached hydrogen (secondary N) is 1. The summed E-state index contributed by atoms with van der Waals surface area (Å²) >= 11 is 0. The minimum atomic E-state index is 0.272. The van der Waals surface area contributed by atoms with Crippen LogP contribution in [0.4, 0.5) is 0 Å². The molecule has 0 saturated heterocycles. The van der Waals surface area contributed by atoms with Gasteiger partial charge in [0.1, 0.15) is 18.1 Å². The summed E-state index contributed by atoms with van der Waals surface area (Å²) in [4.78, 5) is 0. The summed E-state index contributed by atoms with van der Waals surface area (Å²) in [5.74, 6) is 3.05. The molecule has 0 bridgehead atoms. The molecule has 2 heterocycles. The molecule has 2 aromatic rings. The van der Waals surface area contributed by atoms with E-state index in [0.717, 1.165) is 35.1 Å². The summed E-state index contributed by atoms with van der Waals surface area (Å²) in [7, 11) is 0. The molecule has 4 rings (SSSR count). The van der Waals surface area contributed by atoms with E-state index in [1.165, 1.54) is 12.8 Å². The van der Waals surface area contributed by atoms with Crippen LogP contribution in [0.3, 0.4) is 0 Å². The molecule has 5 heteroatoms. The highest BCUT2D eigenvalue weighted by molar-refractivity contribution is 5.46. The monoisotopic (exact) mass is 287 g/mol. The van der Waals surface area contributed by atoms with Gasteiger partial charge in [0.25, 0.3) is 0 Å². The first-order valence-corrected chi connectivity index (χ1v) is 7.19. The van der Waals surface area contributed by atoms with Gasteiger partial charge in [-0.2, -0.15) is 0 Å². The maximum absolute atomic E-state index is 5.72. The topological polar surface area (TPSA) is 52.9 Å². The fourth-order valence-corrected chi connectivity index (χ4v) is 2.27. The molecular weight excluding hydrogens is 270 g/mol. The molecule has 1 aliphatic heterocycles. The van der Waals surface area contributed by atoms with E-state index in [-0.39, 0.29) is 6.79 Å². The zero-order valence-corrected chi connectivity index (χ0v) is 11.6. The first kappa shape index (κ1) is 12.6. The number of fused-ring (bicyclic) bond motifs is 1. The third-order valence-corrected chi connectivity index (χ3v) is 3.61. The fraction of sp³-hybridized carbons (Fsp3) is 0.375. The highest BCUT2D eigenvalue weighted by Gasteiger charge is 2.20. The second kappa shape index (κ2) is 5.33. The predicted octanol–water partition coefficient (Wildman–Crippen LogP) is 2.84. The molecule has 1 aromatic carbocycles. The largest absolute Gasteiger partial charge is 0.486 e. The van der Waals surface area contributed by atoms with Crippen molar-refractivity contribution in [2.75, 3.05) is 6.79 Å². The van der Waals surface area contributed by atoms with Gasteiger partial charge in [0, 0.05) is 24.2 Å². The lowest BCUT2D eigenvalue weighted by Crippen LogP contribution is -2.14. The van der Waals surface area contributed by atoms with E-state index >= 15 is 0 Å². The third kappa shape index (κ3) is 2.97. The minimum Gasteiger partial charge on any atom is -0.486 e. The SMILES string of the molecule is c1oc(COc2ccc3c(c2)OCO3)cc1CNC1CC1. The predicted molar refractivity (Wildman–Crippen MR) is 75.5 cm³/mol. The van der Waals surface area contributed by atoms with Crippen LogP contribution >= 0.6 is 0 Å². The van der Waals surface area contributed by atoms with Gasteiger partial charge in [-0.25, -0.2) is 0 Å². The van der Waals surface area contributed by atoms with Gasteiger partial charge in [-0.15, -0.1) is 0 Å². The Bertz CT molecular complexity index is 633.